The van der Waals surface area contributed by atoms with Gasteiger partial charge in [-0.1, -0.05) is 12.1 Å². The fraction of sp³-hybridized carbons (Fsp3) is 0.417. The maximum atomic E-state index is 12.2. The summed E-state index contributed by atoms with van der Waals surface area (Å²) in [6.45, 7) is 1.21. The van der Waals surface area contributed by atoms with Crippen LogP contribution in [0.1, 0.15) is 17.3 Å². The van der Waals surface area contributed by atoms with E-state index in [2.05, 4.69) is 0 Å². The Labute approximate surface area is 119 Å². The molecule has 8 heteroatoms. The van der Waals surface area contributed by atoms with Gasteiger partial charge in [-0.3, -0.25) is 4.79 Å². The molecule has 1 rings (SSSR count). The lowest BCUT2D eigenvalue weighted by Gasteiger charge is -2.17. The molecular weight excluding hydrogens is 302 g/mol. The summed E-state index contributed by atoms with van der Waals surface area (Å²) in [6.07, 6.45) is 1.05. The van der Waals surface area contributed by atoms with Crippen molar-refractivity contribution in [3.63, 3.8) is 0 Å². The normalized spacial score (nSPS) is 12.6. The predicted octanol–water partition coefficient (Wildman–Crippen LogP) is 0.554. The molecule has 0 N–H and O–H groups in total. The monoisotopic (exact) mass is 319 g/mol. The average molecular weight is 319 g/mol. The summed E-state index contributed by atoms with van der Waals surface area (Å²) in [7, 11) is -5.74. The summed E-state index contributed by atoms with van der Waals surface area (Å²) in [5.41, 5.74) is 0.294. The molecule has 0 bridgehead atoms. The quantitative estimate of drug-likeness (QED) is 0.715. The van der Waals surface area contributed by atoms with Crippen LogP contribution in [0.15, 0.2) is 29.2 Å². The van der Waals surface area contributed by atoms with E-state index >= 15 is 0 Å². The van der Waals surface area contributed by atoms with E-state index < -0.39 is 19.9 Å². The number of hydrogen-bond acceptors (Lipinski definition) is 5. The highest BCUT2D eigenvalue weighted by atomic mass is 32.2. The number of sulfone groups is 1. The molecule has 0 fully saturated rings. The molecule has 0 aliphatic heterocycles. The molecular formula is C12H17NO5S2. The smallest absolute Gasteiger partial charge is 0.242 e. The van der Waals surface area contributed by atoms with Crippen molar-refractivity contribution in [3.8, 4) is 0 Å². The van der Waals surface area contributed by atoms with Gasteiger partial charge in [0.2, 0.25) is 10.0 Å². The van der Waals surface area contributed by atoms with E-state index in [1.165, 1.54) is 38.2 Å². The zero-order chi connectivity index (χ0) is 15.6. The van der Waals surface area contributed by atoms with Crippen LogP contribution < -0.4 is 0 Å². The van der Waals surface area contributed by atoms with E-state index in [-0.39, 0.29) is 23.0 Å². The molecule has 0 spiro atoms. The van der Waals surface area contributed by atoms with Crippen molar-refractivity contribution in [1.29, 1.82) is 0 Å². The summed E-state index contributed by atoms with van der Waals surface area (Å²) >= 11 is 0. The van der Waals surface area contributed by atoms with Crippen LogP contribution in [0.5, 0.6) is 0 Å². The van der Waals surface area contributed by atoms with Gasteiger partial charge in [0.25, 0.3) is 0 Å². The summed E-state index contributed by atoms with van der Waals surface area (Å²) < 4.78 is 47.6. The van der Waals surface area contributed by atoms with Gasteiger partial charge >= 0.3 is 0 Å². The summed E-state index contributed by atoms with van der Waals surface area (Å²) in [5, 5.41) is 0. The molecule has 1 aromatic carbocycles. The Hall–Kier alpha value is -1.25. The highest BCUT2D eigenvalue weighted by molar-refractivity contribution is 7.91. The average Bonchev–Trinajstić information content (AvgIpc) is 2.35. The second-order valence-electron chi connectivity index (χ2n) is 4.54. The molecule has 1 aromatic rings. The first-order valence-electron chi connectivity index (χ1n) is 5.79. The Morgan fingerprint density at radius 2 is 1.80 bits per heavy atom. The molecule has 0 aliphatic carbocycles. The van der Waals surface area contributed by atoms with Gasteiger partial charge in [0.15, 0.2) is 5.78 Å². The minimum Gasteiger partial charge on any atom is -0.295 e. The third kappa shape index (κ3) is 4.39. The van der Waals surface area contributed by atoms with E-state index in [0.29, 0.717) is 5.56 Å². The number of ketones is 1. The number of sulfonamides is 1. The van der Waals surface area contributed by atoms with Crippen LogP contribution >= 0.6 is 0 Å². The number of rotatable bonds is 6. The van der Waals surface area contributed by atoms with Crippen molar-refractivity contribution in [2.75, 3.05) is 25.6 Å². The number of carbonyl (C=O) groups excluding carboxylic acids is 1. The lowest BCUT2D eigenvalue weighted by Crippen LogP contribution is -2.31. The van der Waals surface area contributed by atoms with Crippen LogP contribution in [0.3, 0.4) is 0 Å². The van der Waals surface area contributed by atoms with Gasteiger partial charge in [-0.05, 0) is 19.1 Å². The fourth-order valence-electron chi connectivity index (χ4n) is 1.47. The van der Waals surface area contributed by atoms with Crippen LogP contribution in [0.25, 0.3) is 0 Å². The molecule has 0 atom stereocenters. The Balaban J connectivity index is 3.04. The molecule has 20 heavy (non-hydrogen) atoms. The molecule has 0 saturated carbocycles. The molecule has 0 amide bonds. The zero-order valence-corrected chi connectivity index (χ0v) is 13.2. The maximum Gasteiger partial charge on any atom is 0.242 e. The van der Waals surface area contributed by atoms with E-state index in [9.17, 15) is 21.6 Å². The topological polar surface area (TPSA) is 88.6 Å². The van der Waals surface area contributed by atoms with Crippen LogP contribution in [0.4, 0.5) is 0 Å². The Bertz CT molecular complexity index is 707. The minimum atomic E-state index is -3.80. The standard InChI is InChI=1S/C12H17NO5S2/c1-10(14)11-5-4-6-12(9-11)20(17,18)13(2)7-8-19(3,15)16/h4-6,9H,7-8H2,1-3H3. The van der Waals surface area contributed by atoms with Crippen LogP contribution in [0, 0.1) is 0 Å². The highest BCUT2D eigenvalue weighted by Crippen LogP contribution is 2.16. The van der Waals surface area contributed by atoms with Crippen molar-refractivity contribution in [1.82, 2.24) is 4.31 Å². The summed E-state index contributed by atoms with van der Waals surface area (Å²) in [6, 6.07) is 5.67. The second kappa shape index (κ2) is 6.02. The Kier molecular flexibility index (Phi) is 5.06. The van der Waals surface area contributed by atoms with E-state index in [0.717, 1.165) is 10.6 Å². The number of benzene rings is 1. The van der Waals surface area contributed by atoms with Crippen molar-refractivity contribution in [2.24, 2.45) is 0 Å². The molecule has 0 saturated heterocycles. The SMILES string of the molecule is CC(=O)c1cccc(S(=O)(=O)N(C)CCS(C)(=O)=O)c1. The van der Waals surface area contributed by atoms with Gasteiger partial charge in [0.1, 0.15) is 9.84 Å². The third-order valence-corrected chi connectivity index (χ3v) is 5.50. The van der Waals surface area contributed by atoms with Gasteiger partial charge in [-0.25, -0.2) is 16.8 Å². The van der Waals surface area contributed by atoms with Gasteiger partial charge in [-0.15, -0.1) is 0 Å². The van der Waals surface area contributed by atoms with E-state index in [1.54, 1.807) is 0 Å². The van der Waals surface area contributed by atoms with Crippen LogP contribution in [-0.4, -0.2) is 52.5 Å². The fourth-order valence-corrected chi connectivity index (χ4v) is 3.41. The number of nitrogens with zero attached hydrogens (tertiary/aromatic N) is 1. The molecule has 0 radical (unpaired) electrons. The first-order chi connectivity index (χ1) is 9.04. The van der Waals surface area contributed by atoms with Crippen molar-refractivity contribution in [3.05, 3.63) is 29.8 Å². The van der Waals surface area contributed by atoms with E-state index in [4.69, 9.17) is 0 Å². The summed E-state index contributed by atoms with van der Waals surface area (Å²) in [5.74, 6) is -0.490. The van der Waals surface area contributed by atoms with Crippen LogP contribution in [-0.2, 0) is 19.9 Å². The van der Waals surface area contributed by atoms with Crippen molar-refractivity contribution >= 4 is 25.6 Å². The first-order valence-corrected chi connectivity index (χ1v) is 9.29. The number of Topliss-reactive ketones (excluding diaryl/α,β-unsaturated/α-hetero) is 1. The third-order valence-electron chi connectivity index (χ3n) is 2.73. The first kappa shape index (κ1) is 16.8. The van der Waals surface area contributed by atoms with Gasteiger partial charge < -0.3 is 0 Å². The molecule has 0 heterocycles. The van der Waals surface area contributed by atoms with Crippen LogP contribution in [0.2, 0.25) is 0 Å². The maximum absolute atomic E-state index is 12.2. The van der Waals surface area contributed by atoms with Crippen molar-refractivity contribution < 1.29 is 21.6 Å². The minimum absolute atomic E-state index is 0.0267. The van der Waals surface area contributed by atoms with Crippen molar-refractivity contribution in [2.45, 2.75) is 11.8 Å². The van der Waals surface area contributed by atoms with Gasteiger partial charge in [0.05, 0.1) is 10.6 Å². The summed E-state index contributed by atoms with van der Waals surface area (Å²) in [4.78, 5) is 11.2. The Morgan fingerprint density at radius 1 is 1.20 bits per heavy atom. The Morgan fingerprint density at radius 3 is 2.30 bits per heavy atom. The lowest BCUT2D eigenvalue weighted by molar-refractivity contribution is 0.101. The highest BCUT2D eigenvalue weighted by Gasteiger charge is 2.22. The largest absolute Gasteiger partial charge is 0.295 e. The lowest BCUT2D eigenvalue weighted by atomic mass is 10.2. The molecule has 112 valence electrons. The zero-order valence-electron chi connectivity index (χ0n) is 11.5. The molecule has 6 nitrogen and oxygen atoms in total. The van der Waals surface area contributed by atoms with Gasteiger partial charge in [-0.2, -0.15) is 4.31 Å². The second-order valence-corrected chi connectivity index (χ2v) is 8.85. The number of hydrogen-bond donors (Lipinski definition) is 0. The predicted molar refractivity (Wildman–Crippen MR) is 76.0 cm³/mol. The number of carbonyl (C=O) groups is 1. The van der Waals surface area contributed by atoms with Gasteiger partial charge in [0, 0.05) is 25.4 Å². The van der Waals surface area contributed by atoms with E-state index in [1.807, 2.05) is 0 Å². The molecule has 0 aromatic heterocycles. The molecule has 0 aliphatic rings. The molecule has 0 unspecified atom stereocenters.